The van der Waals surface area contributed by atoms with E-state index in [1.165, 1.54) is 0 Å². The van der Waals surface area contributed by atoms with Gasteiger partial charge in [-0.05, 0) is 12.5 Å². The second kappa shape index (κ2) is 7.13. The second-order valence-corrected chi connectivity index (χ2v) is 6.19. The Morgan fingerprint density at radius 1 is 1.31 bits per heavy atom. The number of benzene rings is 1. The molecular formula is C19H21N5O2. The zero-order valence-electron chi connectivity index (χ0n) is 14.7. The smallest absolute Gasteiger partial charge is 0.259 e. The fraction of sp³-hybridized carbons (Fsp3) is 0.316. The van der Waals surface area contributed by atoms with Gasteiger partial charge < -0.3 is 19.9 Å². The zero-order chi connectivity index (χ0) is 17.9. The largest absolute Gasteiger partial charge is 0.378 e. The van der Waals surface area contributed by atoms with E-state index in [2.05, 4.69) is 25.2 Å². The van der Waals surface area contributed by atoms with Crippen LogP contribution >= 0.6 is 0 Å². The van der Waals surface area contributed by atoms with E-state index >= 15 is 0 Å². The number of aromatic amines is 1. The number of morpholine rings is 1. The number of carbonyl (C=O) groups is 1. The molecule has 0 spiro atoms. The maximum absolute atomic E-state index is 12.8. The Morgan fingerprint density at radius 3 is 2.92 bits per heavy atom. The minimum Gasteiger partial charge on any atom is -0.378 e. The first kappa shape index (κ1) is 16.5. The highest BCUT2D eigenvalue weighted by Gasteiger charge is 2.19. The summed E-state index contributed by atoms with van der Waals surface area (Å²) in [5.41, 5.74) is 3.00. The molecule has 2 aromatic heterocycles. The number of fused-ring (bicyclic) bond motifs is 1. The number of nitrogens with zero attached hydrogens (tertiary/aromatic N) is 3. The molecule has 0 unspecified atom stereocenters. The van der Waals surface area contributed by atoms with Gasteiger partial charge in [-0.2, -0.15) is 0 Å². The van der Waals surface area contributed by atoms with Crippen LogP contribution in [0.25, 0.3) is 10.9 Å². The Labute approximate surface area is 151 Å². The number of ether oxygens (including phenoxy) is 1. The van der Waals surface area contributed by atoms with Crippen molar-refractivity contribution in [2.75, 3.05) is 36.5 Å². The molecule has 1 aromatic carbocycles. The van der Waals surface area contributed by atoms with Crippen LogP contribution in [-0.2, 0) is 11.2 Å². The summed E-state index contributed by atoms with van der Waals surface area (Å²) in [7, 11) is 0. The van der Waals surface area contributed by atoms with E-state index in [9.17, 15) is 4.79 Å². The van der Waals surface area contributed by atoms with Crippen molar-refractivity contribution in [2.24, 2.45) is 0 Å². The summed E-state index contributed by atoms with van der Waals surface area (Å²) in [5, 5.41) is 3.95. The van der Waals surface area contributed by atoms with Crippen LogP contribution in [0.2, 0.25) is 0 Å². The Hall–Kier alpha value is -2.93. The number of H-pyrrole nitrogens is 1. The van der Waals surface area contributed by atoms with Crippen LogP contribution in [0.1, 0.15) is 23.0 Å². The molecule has 7 nitrogen and oxygen atoms in total. The van der Waals surface area contributed by atoms with Gasteiger partial charge in [-0.15, -0.1) is 0 Å². The van der Waals surface area contributed by atoms with Crippen molar-refractivity contribution in [3.8, 4) is 0 Å². The number of para-hydroxylation sites is 1. The van der Waals surface area contributed by atoms with Gasteiger partial charge in [-0.25, -0.2) is 9.97 Å². The maximum atomic E-state index is 12.8. The molecule has 134 valence electrons. The third kappa shape index (κ3) is 3.13. The van der Waals surface area contributed by atoms with E-state index in [1.807, 2.05) is 31.2 Å². The number of amides is 1. The van der Waals surface area contributed by atoms with Crippen LogP contribution in [0.4, 0.5) is 11.6 Å². The molecule has 1 fully saturated rings. The summed E-state index contributed by atoms with van der Waals surface area (Å²) >= 11 is 0. The minimum absolute atomic E-state index is 0.194. The lowest BCUT2D eigenvalue weighted by atomic mass is 10.1. The van der Waals surface area contributed by atoms with Gasteiger partial charge in [-0.1, -0.05) is 25.1 Å². The predicted octanol–water partition coefficient (Wildman–Crippen LogP) is 2.61. The van der Waals surface area contributed by atoms with Gasteiger partial charge in [0.15, 0.2) is 0 Å². The average molecular weight is 351 g/mol. The lowest BCUT2D eigenvalue weighted by Gasteiger charge is -2.27. The third-order valence-corrected chi connectivity index (χ3v) is 4.57. The molecule has 0 bridgehead atoms. The minimum atomic E-state index is -0.194. The molecule has 26 heavy (non-hydrogen) atoms. The molecule has 1 amide bonds. The molecule has 0 radical (unpaired) electrons. The van der Waals surface area contributed by atoms with Crippen LogP contribution in [0.15, 0.2) is 36.7 Å². The number of hydrogen-bond donors (Lipinski definition) is 2. The first-order chi connectivity index (χ1) is 12.8. The SMILES string of the molecule is CCc1nc(N2CCOCC2)ncc1C(=O)Nc1c[nH]c2ccccc12. The number of aryl methyl sites for hydroxylation is 1. The van der Waals surface area contributed by atoms with E-state index in [1.54, 1.807) is 12.4 Å². The van der Waals surface area contributed by atoms with Gasteiger partial charge in [0.1, 0.15) is 0 Å². The Morgan fingerprint density at radius 2 is 2.12 bits per heavy atom. The molecule has 1 aliphatic heterocycles. The zero-order valence-corrected chi connectivity index (χ0v) is 14.7. The molecule has 1 aliphatic rings. The van der Waals surface area contributed by atoms with Crippen molar-refractivity contribution in [1.29, 1.82) is 0 Å². The first-order valence-electron chi connectivity index (χ1n) is 8.82. The molecule has 3 heterocycles. The van der Waals surface area contributed by atoms with Gasteiger partial charge >= 0.3 is 0 Å². The lowest BCUT2D eigenvalue weighted by Crippen LogP contribution is -2.37. The summed E-state index contributed by atoms with van der Waals surface area (Å²) < 4.78 is 5.37. The van der Waals surface area contributed by atoms with Crippen molar-refractivity contribution in [1.82, 2.24) is 15.0 Å². The number of rotatable bonds is 4. The Kier molecular flexibility index (Phi) is 4.53. The van der Waals surface area contributed by atoms with Crippen LogP contribution in [0, 0.1) is 0 Å². The van der Waals surface area contributed by atoms with E-state index in [0.29, 0.717) is 31.1 Å². The van der Waals surface area contributed by atoms with Crippen molar-refractivity contribution in [3.05, 3.63) is 47.9 Å². The quantitative estimate of drug-likeness (QED) is 0.755. The normalized spacial score (nSPS) is 14.6. The van der Waals surface area contributed by atoms with Crippen LogP contribution in [0.3, 0.4) is 0 Å². The van der Waals surface area contributed by atoms with Crippen LogP contribution in [-0.4, -0.2) is 47.2 Å². The summed E-state index contributed by atoms with van der Waals surface area (Å²) in [4.78, 5) is 27.1. The van der Waals surface area contributed by atoms with E-state index in [-0.39, 0.29) is 5.91 Å². The van der Waals surface area contributed by atoms with Crippen LogP contribution in [0.5, 0.6) is 0 Å². The molecule has 4 rings (SSSR count). The second-order valence-electron chi connectivity index (χ2n) is 6.19. The Balaban J connectivity index is 1.59. The highest BCUT2D eigenvalue weighted by atomic mass is 16.5. The van der Waals surface area contributed by atoms with Crippen molar-refractivity contribution in [3.63, 3.8) is 0 Å². The lowest BCUT2D eigenvalue weighted by molar-refractivity contribution is 0.102. The van der Waals surface area contributed by atoms with Crippen LogP contribution < -0.4 is 10.2 Å². The molecule has 0 atom stereocenters. The summed E-state index contributed by atoms with van der Waals surface area (Å²) in [6, 6.07) is 7.85. The van der Waals surface area contributed by atoms with Gasteiger partial charge in [-0.3, -0.25) is 4.79 Å². The van der Waals surface area contributed by atoms with Gasteiger partial charge in [0.2, 0.25) is 5.95 Å². The van der Waals surface area contributed by atoms with Crippen molar-refractivity contribution in [2.45, 2.75) is 13.3 Å². The van der Waals surface area contributed by atoms with Crippen molar-refractivity contribution >= 4 is 28.4 Å². The third-order valence-electron chi connectivity index (χ3n) is 4.57. The van der Waals surface area contributed by atoms with Gasteiger partial charge in [0.05, 0.1) is 30.2 Å². The van der Waals surface area contributed by atoms with Gasteiger partial charge in [0.25, 0.3) is 5.91 Å². The highest BCUT2D eigenvalue weighted by Crippen LogP contribution is 2.23. The molecule has 0 saturated carbocycles. The topological polar surface area (TPSA) is 83.1 Å². The first-order valence-corrected chi connectivity index (χ1v) is 8.82. The fourth-order valence-corrected chi connectivity index (χ4v) is 3.15. The number of aromatic nitrogens is 3. The average Bonchev–Trinajstić information content (AvgIpc) is 3.11. The molecule has 1 saturated heterocycles. The molecule has 3 aromatic rings. The fourth-order valence-electron chi connectivity index (χ4n) is 3.15. The number of carbonyl (C=O) groups excluding carboxylic acids is 1. The molecule has 7 heteroatoms. The van der Waals surface area contributed by atoms with Gasteiger partial charge in [0, 0.05) is 36.4 Å². The van der Waals surface area contributed by atoms with Crippen molar-refractivity contribution < 1.29 is 9.53 Å². The maximum Gasteiger partial charge on any atom is 0.259 e. The van der Waals surface area contributed by atoms with E-state index in [4.69, 9.17) is 4.74 Å². The summed E-state index contributed by atoms with van der Waals surface area (Å²) in [5.74, 6) is 0.467. The summed E-state index contributed by atoms with van der Waals surface area (Å²) in [6.07, 6.45) is 4.09. The summed E-state index contributed by atoms with van der Waals surface area (Å²) in [6.45, 7) is 4.88. The molecular weight excluding hydrogens is 330 g/mol. The predicted molar refractivity (Wildman–Crippen MR) is 101 cm³/mol. The number of nitrogens with one attached hydrogen (secondary N) is 2. The Bertz CT molecular complexity index is 931. The molecule has 2 N–H and O–H groups in total. The number of anilines is 2. The van der Waals surface area contributed by atoms with E-state index < -0.39 is 0 Å². The highest BCUT2D eigenvalue weighted by molar-refractivity contribution is 6.09. The monoisotopic (exact) mass is 351 g/mol. The number of hydrogen-bond acceptors (Lipinski definition) is 5. The van der Waals surface area contributed by atoms with E-state index in [0.717, 1.165) is 35.4 Å². The molecule has 0 aliphatic carbocycles. The standard InChI is InChI=1S/C19H21N5O2/c1-2-15-14(11-21-19(23-15)24-7-9-26-10-8-24)18(25)22-17-12-20-16-6-4-3-5-13(16)17/h3-6,11-12,20H,2,7-10H2,1H3,(H,22,25).